The molecule has 186 valence electrons. The molecule has 8 nitrogen and oxygen atoms in total. The minimum absolute atomic E-state index is 0.101. The van der Waals surface area contributed by atoms with E-state index in [1.54, 1.807) is 54.3 Å². The van der Waals surface area contributed by atoms with Crippen LogP contribution in [-0.4, -0.2) is 49.7 Å². The first kappa shape index (κ1) is 26.4. The fourth-order valence-corrected chi connectivity index (χ4v) is 4.28. The predicted octanol–water partition coefficient (Wildman–Crippen LogP) is 5.03. The summed E-state index contributed by atoms with van der Waals surface area (Å²) in [6.07, 6.45) is 1.71. The van der Waals surface area contributed by atoms with Crippen molar-refractivity contribution in [2.45, 2.75) is 32.7 Å². The Morgan fingerprint density at radius 1 is 1.14 bits per heavy atom. The second-order valence-electron chi connectivity index (χ2n) is 8.07. The Bertz CT molecular complexity index is 1120. The van der Waals surface area contributed by atoms with Gasteiger partial charge in [-0.3, -0.25) is 9.69 Å². The summed E-state index contributed by atoms with van der Waals surface area (Å²) in [6, 6.07) is 13.2. The van der Waals surface area contributed by atoms with Crippen LogP contribution >= 0.6 is 15.9 Å². The lowest BCUT2D eigenvalue weighted by Crippen LogP contribution is -2.48. The van der Waals surface area contributed by atoms with E-state index in [1.807, 2.05) is 13.0 Å². The summed E-state index contributed by atoms with van der Waals surface area (Å²) in [5.74, 6) is -0.798. The SMILES string of the molecule is CCCCN1C(=O)NC(c2cccc(NC(=O)c3ccccc3Br)c2)C(C(=O)OCCOC)=C1C. The normalized spacial score (nSPS) is 15.6. The fourth-order valence-electron chi connectivity index (χ4n) is 3.82. The maximum absolute atomic E-state index is 13.1. The average Bonchev–Trinajstić information content (AvgIpc) is 2.84. The quantitative estimate of drug-likeness (QED) is 0.323. The Morgan fingerprint density at radius 3 is 2.63 bits per heavy atom. The third-order valence-corrected chi connectivity index (χ3v) is 6.36. The van der Waals surface area contributed by atoms with Crippen molar-refractivity contribution < 1.29 is 23.9 Å². The molecule has 0 bridgehead atoms. The van der Waals surface area contributed by atoms with Gasteiger partial charge in [-0.05, 0) is 59.1 Å². The van der Waals surface area contributed by atoms with Gasteiger partial charge in [0.1, 0.15) is 6.61 Å². The van der Waals surface area contributed by atoms with Crippen molar-refractivity contribution in [2.75, 3.05) is 32.2 Å². The Labute approximate surface area is 213 Å². The third kappa shape index (κ3) is 6.49. The molecule has 0 spiro atoms. The van der Waals surface area contributed by atoms with E-state index in [0.29, 0.717) is 39.1 Å². The minimum atomic E-state index is -0.726. The number of anilines is 1. The molecule has 0 fully saturated rings. The fraction of sp³-hybridized carbons (Fsp3) is 0.346. The number of rotatable bonds is 10. The minimum Gasteiger partial charge on any atom is -0.460 e. The zero-order chi connectivity index (χ0) is 25.4. The summed E-state index contributed by atoms with van der Waals surface area (Å²) in [5, 5.41) is 5.82. The highest BCUT2D eigenvalue weighted by molar-refractivity contribution is 9.10. The smallest absolute Gasteiger partial charge is 0.338 e. The van der Waals surface area contributed by atoms with E-state index in [-0.39, 0.29) is 25.2 Å². The highest BCUT2D eigenvalue weighted by Crippen LogP contribution is 2.33. The van der Waals surface area contributed by atoms with Gasteiger partial charge in [0.05, 0.1) is 23.8 Å². The number of halogens is 1. The number of esters is 1. The van der Waals surface area contributed by atoms with Gasteiger partial charge in [0.15, 0.2) is 0 Å². The number of hydrogen-bond donors (Lipinski definition) is 2. The highest BCUT2D eigenvalue weighted by atomic mass is 79.9. The monoisotopic (exact) mass is 543 g/mol. The summed E-state index contributed by atoms with van der Waals surface area (Å²) in [5.41, 5.74) is 2.59. The van der Waals surface area contributed by atoms with Crippen LogP contribution in [0.3, 0.4) is 0 Å². The highest BCUT2D eigenvalue weighted by Gasteiger charge is 2.36. The molecule has 2 aromatic carbocycles. The van der Waals surface area contributed by atoms with Gasteiger partial charge in [-0.15, -0.1) is 0 Å². The van der Waals surface area contributed by atoms with Crippen LogP contribution in [0.25, 0.3) is 0 Å². The van der Waals surface area contributed by atoms with Crippen LogP contribution in [0.2, 0.25) is 0 Å². The molecule has 0 aliphatic carbocycles. The maximum atomic E-state index is 13.1. The molecule has 1 heterocycles. The van der Waals surface area contributed by atoms with Crippen molar-refractivity contribution >= 4 is 39.5 Å². The van der Waals surface area contributed by atoms with Crippen LogP contribution in [0.4, 0.5) is 10.5 Å². The summed E-state index contributed by atoms with van der Waals surface area (Å²) < 4.78 is 11.1. The first-order valence-electron chi connectivity index (χ1n) is 11.5. The summed E-state index contributed by atoms with van der Waals surface area (Å²) >= 11 is 3.39. The van der Waals surface area contributed by atoms with Gasteiger partial charge in [0.25, 0.3) is 5.91 Å². The molecule has 2 aromatic rings. The summed E-state index contributed by atoms with van der Waals surface area (Å²) in [7, 11) is 1.53. The lowest BCUT2D eigenvalue weighted by molar-refractivity contribution is -0.140. The molecule has 9 heteroatoms. The van der Waals surface area contributed by atoms with Gasteiger partial charge in [-0.2, -0.15) is 0 Å². The zero-order valence-electron chi connectivity index (χ0n) is 20.1. The molecule has 3 rings (SSSR count). The predicted molar refractivity (Wildman–Crippen MR) is 137 cm³/mol. The Hall–Kier alpha value is -3.17. The van der Waals surface area contributed by atoms with Gasteiger partial charge in [-0.1, -0.05) is 37.6 Å². The molecule has 2 N–H and O–H groups in total. The number of nitrogens with zero attached hydrogens (tertiary/aromatic N) is 1. The van der Waals surface area contributed by atoms with Crippen molar-refractivity contribution in [3.8, 4) is 0 Å². The molecule has 0 saturated heterocycles. The number of allylic oxidation sites excluding steroid dienone is 1. The van der Waals surface area contributed by atoms with E-state index in [1.165, 1.54) is 7.11 Å². The van der Waals surface area contributed by atoms with Gasteiger partial charge < -0.3 is 20.1 Å². The van der Waals surface area contributed by atoms with Crippen molar-refractivity contribution in [3.63, 3.8) is 0 Å². The van der Waals surface area contributed by atoms with Crippen LogP contribution in [0.15, 0.2) is 64.3 Å². The van der Waals surface area contributed by atoms with Crippen molar-refractivity contribution in [1.82, 2.24) is 10.2 Å². The van der Waals surface area contributed by atoms with Crippen LogP contribution in [-0.2, 0) is 14.3 Å². The Morgan fingerprint density at radius 2 is 1.91 bits per heavy atom. The number of carbonyl (C=O) groups is 3. The van der Waals surface area contributed by atoms with E-state index in [2.05, 4.69) is 26.6 Å². The number of benzene rings is 2. The molecular weight excluding hydrogens is 514 g/mol. The van der Waals surface area contributed by atoms with E-state index < -0.39 is 12.0 Å². The number of hydrogen-bond acceptors (Lipinski definition) is 5. The van der Waals surface area contributed by atoms with Crippen LogP contribution < -0.4 is 10.6 Å². The van der Waals surface area contributed by atoms with Crippen molar-refractivity contribution in [3.05, 3.63) is 75.4 Å². The molecule has 1 aliphatic rings. The first-order valence-corrected chi connectivity index (χ1v) is 12.3. The number of amides is 3. The molecule has 35 heavy (non-hydrogen) atoms. The van der Waals surface area contributed by atoms with Crippen LogP contribution in [0.5, 0.6) is 0 Å². The van der Waals surface area contributed by atoms with Gasteiger partial charge >= 0.3 is 12.0 Å². The maximum Gasteiger partial charge on any atom is 0.338 e. The molecular formula is C26H30BrN3O5. The average molecular weight is 544 g/mol. The lowest BCUT2D eigenvalue weighted by atomic mass is 9.94. The Balaban J connectivity index is 1.92. The number of urea groups is 1. The zero-order valence-corrected chi connectivity index (χ0v) is 21.7. The van der Waals surface area contributed by atoms with Crippen molar-refractivity contribution in [1.29, 1.82) is 0 Å². The molecule has 0 radical (unpaired) electrons. The number of ether oxygens (including phenoxy) is 2. The second-order valence-corrected chi connectivity index (χ2v) is 8.93. The van der Waals surface area contributed by atoms with E-state index in [4.69, 9.17) is 9.47 Å². The number of methoxy groups -OCH3 is 1. The van der Waals surface area contributed by atoms with Gasteiger partial charge in [0, 0.05) is 29.5 Å². The largest absolute Gasteiger partial charge is 0.460 e. The molecule has 0 aromatic heterocycles. The standard InChI is InChI=1S/C26H30BrN3O5/c1-4-5-13-30-17(2)22(25(32)35-15-14-34-3)23(29-26(30)33)18-9-8-10-19(16-18)28-24(31)20-11-6-7-12-21(20)27/h6-12,16,23H,4-5,13-15H2,1-3H3,(H,28,31)(H,29,33). The second kappa shape index (κ2) is 12.5. The number of carbonyl (C=O) groups excluding carboxylic acids is 3. The molecule has 1 atom stereocenters. The van der Waals surface area contributed by atoms with Gasteiger partial charge in [-0.25, -0.2) is 9.59 Å². The van der Waals surface area contributed by atoms with E-state index in [0.717, 1.165) is 12.8 Å². The van der Waals surface area contributed by atoms with E-state index in [9.17, 15) is 14.4 Å². The molecule has 1 aliphatic heterocycles. The first-order chi connectivity index (χ1) is 16.9. The van der Waals surface area contributed by atoms with Crippen LogP contribution in [0, 0.1) is 0 Å². The molecule has 0 saturated carbocycles. The Kier molecular flexibility index (Phi) is 9.45. The van der Waals surface area contributed by atoms with E-state index >= 15 is 0 Å². The summed E-state index contributed by atoms with van der Waals surface area (Å²) in [4.78, 5) is 40.4. The topological polar surface area (TPSA) is 97.0 Å². The van der Waals surface area contributed by atoms with Crippen LogP contribution in [0.1, 0.15) is 48.7 Å². The van der Waals surface area contributed by atoms with Gasteiger partial charge in [0.2, 0.25) is 0 Å². The number of nitrogens with one attached hydrogen (secondary N) is 2. The molecule has 3 amide bonds. The molecule has 1 unspecified atom stereocenters. The third-order valence-electron chi connectivity index (χ3n) is 5.67. The lowest BCUT2D eigenvalue weighted by Gasteiger charge is -2.35. The summed E-state index contributed by atoms with van der Waals surface area (Å²) in [6.45, 7) is 4.66. The number of unbranched alkanes of at least 4 members (excludes halogenated alkanes) is 1. The van der Waals surface area contributed by atoms with Crippen molar-refractivity contribution in [2.24, 2.45) is 0 Å².